The summed E-state index contributed by atoms with van der Waals surface area (Å²) >= 11 is 7.59. The molecular formula is C14H16ClN3OS. The maximum Gasteiger partial charge on any atom is 0.251 e. The molecule has 6 heteroatoms. The fourth-order valence-corrected chi connectivity index (χ4v) is 2.89. The predicted octanol–water partition coefficient (Wildman–Crippen LogP) is 3.20. The molecule has 4 nitrogen and oxygen atoms in total. The van der Waals surface area contributed by atoms with Gasteiger partial charge in [0.25, 0.3) is 5.91 Å². The van der Waals surface area contributed by atoms with Gasteiger partial charge in [-0.1, -0.05) is 17.7 Å². The third-order valence-corrected chi connectivity index (χ3v) is 3.87. The molecule has 0 radical (unpaired) electrons. The number of nitrogens with one attached hydrogen (secondary N) is 2. The summed E-state index contributed by atoms with van der Waals surface area (Å²) in [6.45, 7) is 1.99. The van der Waals surface area contributed by atoms with Gasteiger partial charge in [-0.15, -0.1) is 11.3 Å². The van der Waals surface area contributed by atoms with E-state index in [2.05, 4.69) is 21.7 Å². The highest BCUT2D eigenvalue weighted by molar-refractivity contribution is 7.09. The van der Waals surface area contributed by atoms with Crippen molar-refractivity contribution in [3.63, 3.8) is 0 Å². The van der Waals surface area contributed by atoms with E-state index in [0.717, 1.165) is 6.42 Å². The van der Waals surface area contributed by atoms with Crippen molar-refractivity contribution in [1.29, 1.82) is 0 Å². The number of carbonyl (C=O) groups is 1. The Morgan fingerprint density at radius 1 is 1.50 bits per heavy atom. The van der Waals surface area contributed by atoms with Crippen molar-refractivity contribution in [2.45, 2.75) is 19.4 Å². The molecule has 0 fully saturated rings. The summed E-state index contributed by atoms with van der Waals surface area (Å²) in [6, 6.07) is 7.38. The zero-order chi connectivity index (χ0) is 14.5. The summed E-state index contributed by atoms with van der Waals surface area (Å²) in [5.41, 5.74) is 0.507. The lowest BCUT2D eigenvalue weighted by Gasteiger charge is -2.13. The molecule has 2 heterocycles. The highest BCUT2D eigenvalue weighted by atomic mass is 35.5. The van der Waals surface area contributed by atoms with E-state index in [1.807, 2.05) is 18.4 Å². The highest BCUT2D eigenvalue weighted by Crippen LogP contribution is 2.15. The molecule has 2 aromatic heterocycles. The van der Waals surface area contributed by atoms with E-state index >= 15 is 0 Å². The maximum atomic E-state index is 12.2. The monoisotopic (exact) mass is 309 g/mol. The average Bonchev–Trinajstić information content (AvgIpc) is 2.90. The van der Waals surface area contributed by atoms with Crippen LogP contribution in [0.25, 0.3) is 0 Å². The van der Waals surface area contributed by atoms with Gasteiger partial charge in [-0.25, -0.2) is 4.98 Å². The molecule has 0 aliphatic heterocycles. The number of aromatic nitrogens is 1. The van der Waals surface area contributed by atoms with E-state index in [0.29, 0.717) is 16.5 Å². The molecule has 0 aliphatic rings. The van der Waals surface area contributed by atoms with Crippen LogP contribution in [-0.2, 0) is 6.42 Å². The molecule has 0 bridgehead atoms. The minimum atomic E-state index is -0.144. The first kappa shape index (κ1) is 14.8. The zero-order valence-electron chi connectivity index (χ0n) is 11.3. The van der Waals surface area contributed by atoms with Crippen molar-refractivity contribution in [3.8, 4) is 0 Å². The van der Waals surface area contributed by atoms with Crippen molar-refractivity contribution in [3.05, 3.63) is 45.2 Å². The van der Waals surface area contributed by atoms with Gasteiger partial charge >= 0.3 is 0 Å². The Balaban J connectivity index is 2.02. The second-order valence-electron chi connectivity index (χ2n) is 4.47. The van der Waals surface area contributed by atoms with Gasteiger partial charge in [0.1, 0.15) is 11.0 Å². The minimum absolute atomic E-state index is 0.0612. The van der Waals surface area contributed by atoms with Gasteiger partial charge in [-0.3, -0.25) is 4.79 Å². The fourth-order valence-electron chi connectivity index (χ4n) is 1.84. The van der Waals surface area contributed by atoms with Crippen LogP contribution < -0.4 is 10.6 Å². The van der Waals surface area contributed by atoms with Crippen LogP contribution in [0.4, 0.5) is 5.82 Å². The Hall–Kier alpha value is -1.59. The topological polar surface area (TPSA) is 54.0 Å². The molecule has 106 valence electrons. The van der Waals surface area contributed by atoms with Crippen LogP contribution in [-0.4, -0.2) is 24.0 Å². The molecule has 1 unspecified atom stereocenters. The molecule has 2 N–H and O–H groups in total. The quantitative estimate of drug-likeness (QED) is 0.834. The number of pyridine rings is 1. The Morgan fingerprint density at radius 2 is 2.30 bits per heavy atom. The van der Waals surface area contributed by atoms with Crippen molar-refractivity contribution in [2.24, 2.45) is 0 Å². The van der Waals surface area contributed by atoms with Gasteiger partial charge in [0.05, 0.1) is 0 Å². The summed E-state index contributed by atoms with van der Waals surface area (Å²) in [7, 11) is 1.74. The van der Waals surface area contributed by atoms with E-state index in [-0.39, 0.29) is 11.9 Å². The van der Waals surface area contributed by atoms with Gasteiger partial charge in [0, 0.05) is 30.0 Å². The smallest absolute Gasteiger partial charge is 0.251 e. The van der Waals surface area contributed by atoms with E-state index in [9.17, 15) is 4.79 Å². The zero-order valence-corrected chi connectivity index (χ0v) is 12.9. The summed E-state index contributed by atoms with van der Waals surface area (Å²) in [4.78, 5) is 17.5. The lowest BCUT2D eigenvalue weighted by molar-refractivity contribution is 0.0940. The molecule has 0 spiro atoms. The third kappa shape index (κ3) is 3.95. The number of thiophene rings is 1. The van der Waals surface area contributed by atoms with Gasteiger partial charge in [-0.2, -0.15) is 0 Å². The van der Waals surface area contributed by atoms with E-state index < -0.39 is 0 Å². The number of hydrogen-bond donors (Lipinski definition) is 2. The molecule has 20 heavy (non-hydrogen) atoms. The summed E-state index contributed by atoms with van der Waals surface area (Å²) in [5.74, 6) is 0.434. The van der Waals surface area contributed by atoms with Crippen LogP contribution in [0.2, 0.25) is 5.15 Å². The molecule has 0 aromatic carbocycles. The van der Waals surface area contributed by atoms with Crippen molar-refractivity contribution in [1.82, 2.24) is 10.3 Å². The van der Waals surface area contributed by atoms with Crippen molar-refractivity contribution >= 4 is 34.7 Å². The predicted molar refractivity (Wildman–Crippen MR) is 83.7 cm³/mol. The first-order chi connectivity index (χ1) is 9.58. The Labute approximate surface area is 127 Å². The van der Waals surface area contributed by atoms with Crippen LogP contribution in [0.1, 0.15) is 22.2 Å². The number of amides is 1. The molecular weight excluding hydrogens is 294 g/mol. The normalized spacial score (nSPS) is 11.9. The van der Waals surface area contributed by atoms with Gasteiger partial charge in [0.15, 0.2) is 0 Å². The van der Waals surface area contributed by atoms with Crippen molar-refractivity contribution in [2.75, 3.05) is 12.4 Å². The minimum Gasteiger partial charge on any atom is -0.373 e. The number of nitrogens with zero attached hydrogens (tertiary/aromatic N) is 1. The Bertz CT molecular complexity index is 586. The summed E-state index contributed by atoms with van der Waals surface area (Å²) in [6.07, 6.45) is 0.821. The van der Waals surface area contributed by atoms with E-state index in [4.69, 9.17) is 11.6 Å². The Kier molecular flexibility index (Phi) is 4.98. The molecule has 1 atom stereocenters. The second kappa shape index (κ2) is 6.72. The standard InChI is InChI=1S/C14H16ClN3OS/c1-9(6-11-4-3-5-20-11)17-14(19)10-7-12(15)18-13(8-10)16-2/h3-5,7-9H,6H2,1-2H3,(H,16,18)(H,17,19). The fraction of sp³-hybridized carbons (Fsp3) is 0.286. The van der Waals surface area contributed by atoms with Gasteiger partial charge in [-0.05, 0) is 30.5 Å². The molecule has 0 aliphatic carbocycles. The average molecular weight is 310 g/mol. The van der Waals surface area contributed by atoms with E-state index in [1.165, 1.54) is 4.88 Å². The molecule has 1 amide bonds. The third-order valence-electron chi connectivity index (χ3n) is 2.78. The SMILES string of the molecule is CNc1cc(C(=O)NC(C)Cc2cccs2)cc(Cl)n1. The number of anilines is 1. The first-order valence-electron chi connectivity index (χ1n) is 6.27. The largest absolute Gasteiger partial charge is 0.373 e. The van der Waals surface area contributed by atoms with Crippen LogP contribution in [0.3, 0.4) is 0 Å². The maximum absolute atomic E-state index is 12.2. The van der Waals surface area contributed by atoms with Crippen molar-refractivity contribution < 1.29 is 4.79 Å². The molecule has 2 rings (SSSR count). The van der Waals surface area contributed by atoms with Gasteiger partial charge < -0.3 is 10.6 Å². The lowest BCUT2D eigenvalue weighted by atomic mass is 10.2. The van der Waals surface area contributed by atoms with Crippen LogP contribution >= 0.6 is 22.9 Å². The highest BCUT2D eigenvalue weighted by Gasteiger charge is 2.12. The summed E-state index contributed by atoms with van der Waals surface area (Å²) < 4.78 is 0. The number of carbonyl (C=O) groups excluding carboxylic acids is 1. The molecule has 0 saturated carbocycles. The molecule has 2 aromatic rings. The first-order valence-corrected chi connectivity index (χ1v) is 7.53. The number of halogens is 1. The van der Waals surface area contributed by atoms with Crippen LogP contribution in [0.15, 0.2) is 29.6 Å². The molecule has 0 saturated heterocycles. The van der Waals surface area contributed by atoms with E-state index in [1.54, 1.807) is 30.5 Å². The van der Waals surface area contributed by atoms with Crippen LogP contribution in [0.5, 0.6) is 0 Å². The Morgan fingerprint density at radius 3 is 2.95 bits per heavy atom. The number of hydrogen-bond acceptors (Lipinski definition) is 4. The number of rotatable bonds is 5. The van der Waals surface area contributed by atoms with Crippen LogP contribution in [0, 0.1) is 0 Å². The lowest BCUT2D eigenvalue weighted by Crippen LogP contribution is -2.34. The van der Waals surface area contributed by atoms with Gasteiger partial charge in [0.2, 0.25) is 0 Å². The second-order valence-corrected chi connectivity index (χ2v) is 5.89. The summed E-state index contributed by atoms with van der Waals surface area (Å²) in [5, 5.41) is 8.18.